The monoisotopic (exact) mass is 886 g/mol. The summed E-state index contributed by atoms with van der Waals surface area (Å²) in [5.41, 5.74) is 3.21. The van der Waals surface area contributed by atoms with E-state index in [0.29, 0.717) is 11.2 Å². The van der Waals surface area contributed by atoms with E-state index in [1.54, 1.807) is 0 Å². The Morgan fingerprint density at radius 1 is 0.827 bits per heavy atom. The summed E-state index contributed by atoms with van der Waals surface area (Å²) in [7, 11) is 0. The fraction of sp³-hybridized carbons (Fsp3) is 0.386. The third-order valence-corrected chi connectivity index (χ3v) is 10.3. The van der Waals surface area contributed by atoms with Gasteiger partial charge >= 0.3 is 6.18 Å². The van der Waals surface area contributed by atoms with Crippen molar-refractivity contribution in [1.29, 1.82) is 0 Å². The molecule has 0 atom stereocenters. The Bertz CT molecular complexity index is 2200. The van der Waals surface area contributed by atoms with Crippen molar-refractivity contribution in [3.8, 4) is 11.3 Å². The largest absolute Gasteiger partial charge is 0.512 e. The van der Waals surface area contributed by atoms with Crippen molar-refractivity contribution in [3.63, 3.8) is 0 Å². The second kappa shape index (κ2) is 16.4. The molecule has 0 fully saturated rings. The van der Waals surface area contributed by atoms with E-state index in [4.69, 9.17) is 4.98 Å². The van der Waals surface area contributed by atoms with Crippen molar-refractivity contribution in [2.75, 3.05) is 0 Å². The summed E-state index contributed by atoms with van der Waals surface area (Å²) < 4.78 is 41.1. The number of fused-ring (bicyclic) bond motifs is 2. The van der Waals surface area contributed by atoms with Crippen LogP contribution in [0, 0.1) is 37.2 Å². The van der Waals surface area contributed by atoms with Crippen LogP contribution in [0.25, 0.3) is 54.5 Å². The van der Waals surface area contributed by atoms with Crippen LogP contribution in [0.4, 0.5) is 13.2 Å². The molecule has 0 saturated heterocycles. The van der Waals surface area contributed by atoms with Crippen molar-refractivity contribution in [2.45, 2.75) is 93.7 Å². The van der Waals surface area contributed by atoms with Crippen molar-refractivity contribution in [2.24, 2.45) is 17.3 Å². The molecule has 0 unspecified atom stereocenters. The number of carbonyl (C=O) groups is 1. The van der Waals surface area contributed by atoms with Crippen LogP contribution in [0.1, 0.15) is 84.0 Å². The number of hydrogen-bond donors (Lipinski definition) is 1. The van der Waals surface area contributed by atoms with Crippen LogP contribution >= 0.6 is 0 Å². The molecule has 0 aliphatic rings. The van der Waals surface area contributed by atoms with Crippen LogP contribution in [0.15, 0.2) is 72.6 Å². The summed E-state index contributed by atoms with van der Waals surface area (Å²) in [6.07, 6.45) is 2.24. The van der Waals surface area contributed by atoms with E-state index >= 15 is 0 Å². The van der Waals surface area contributed by atoms with Gasteiger partial charge in [-0.1, -0.05) is 85.7 Å². The molecule has 0 aliphatic heterocycles. The molecule has 1 radical (unpaired) electrons. The molecule has 0 spiro atoms. The molecule has 277 valence electrons. The number of aliphatic hydroxyl groups excluding tert-OH is 1. The number of ketones is 1. The van der Waals surface area contributed by atoms with Gasteiger partial charge in [-0.25, -0.2) is 0 Å². The number of benzene rings is 4. The predicted molar refractivity (Wildman–Crippen MR) is 204 cm³/mol. The summed E-state index contributed by atoms with van der Waals surface area (Å²) in [4.78, 5) is 21.3. The fourth-order valence-corrected chi connectivity index (χ4v) is 7.17. The first-order chi connectivity index (χ1) is 24.1. The van der Waals surface area contributed by atoms with Crippen LogP contribution in [-0.4, -0.2) is 27.0 Å². The summed E-state index contributed by atoms with van der Waals surface area (Å²) >= 11 is 0. The fourth-order valence-electron chi connectivity index (χ4n) is 7.17. The van der Waals surface area contributed by atoms with Gasteiger partial charge in [0.2, 0.25) is 0 Å². The zero-order chi connectivity index (χ0) is 37.2. The predicted octanol–water partition coefficient (Wildman–Crippen LogP) is 12.6. The van der Waals surface area contributed by atoms with Gasteiger partial charge in [-0.15, -0.1) is 34.9 Å². The molecule has 0 bridgehead atoms. The zero-order valence-corrected chi connectivity index (χ0v) is 33.7. The number of carbonyl (C=O) groups excluding carboxylic acids is 1. The molecule has 8 heteroatoms. The number of aryl methyl sites for hydroxylation is 2. The van der Waals surface area contributed by atoms with Crippen LogP contribution in [0.2, 0.25) is 0 Å². The number of nitrogens with zero attached hydrogens (tertiary/aromatic N) is 2. The molecule has 2 aromatic heterocycles. The van der Waals surface area contributed by atoms with Gasteiger partial charge in [0.25, 0.3) is 0 Å². The molecule has 0 amide bonds. The molecule has 4 nitrogen and oxygen atoms in total. The van der Waals surface area contributed by atoms with Crippen LogP contribution in [-0.2, 0) is 31.3 Å². The molecule has 6 aromatic rings. The van der Waals surface area contributed by atoms with E-state index in [0.717, 1.165) is 85.8 Å². The Morgan fingerprint density at radius 2 is 1.42 bits per heavy atom. The topological polar surface area (TPSA) is 63.1 Å². The number of pyridine rings is 2. The van der Waals surface area contributed by atoms with Gasteiger partial charge in [0.1, 0.15) is 0 Å². The summed E-state index contributed by atoms with van der Waals surface area (Å²) in [6, 6.07) is 21.5. The zero-order valence-electron chi connectivity index (χ0n) is 31.3. The summed E-state index contributed by atoms with van der Waals surface area (Å²) in [6.45, 7) is 14.6. The average molecular weight is 886 g/mol. The maximum absolute atomic E-state index is 13.7. The Morgan fingerprint density at radius 3 is 2.02 bits per heavy atom. The SMILES string of the molecule is CCC(CC)C(=O)/C=C(\O)C(CC)CC.Cc1[c-]c(-c2ncc3c4cc(CC(C)(C)C(F)(F)F)nc5cccc(c6cccc2c63)c54)cc(C)c1.[Ir]. The van der Waals surface area contributed by atoms with Gasteiger partial charge in [-0.05, 0) is 70.4 Å². The quantitative estimate of drug-likeness (QED) is 0.0489. The van der Waals surface area contributed by atoms with Crippen LogP contribution in [0.5, 0.6) is 0 Å². The molecule has 52 heavy (non-hydrogen) atoms. The van der Waals surface area contributed by atoms with Crippen LogP contribution in [0.3, 0.4) is 0 Å². The average Bonchev–Trinajstić information content (AvgIpc) is 3.07. The van der Waals surface area contributed by atoms with Crippen molar-refractivity contribution >= 4 is 49.0 Å². The number of allylic oxidation sites excluding steroid dienone is 2. The number of aromatic nitrogens is 2. The van der Waals surface area contributed by atoms with Gasteiger partial charge in [0.05, 0.1) is 16.7 Å². The standard InChI is InChI=1S/C31H24F3N2.C13H24O2.Ir/c1-17-11-18(2)13-19(12-17)29-23-9-5-7-21-22-8-6-10-26-28(22)24(25(16-35-29)27(21)23)14-20(36-26)15-30(3,4)31(32,33)34;1-5-10(6-2)12(14)9-13(15)11(7-3)8-4;/h5-12,14,16H,15H2,1-4H3;9-11,14H,5-8H2,1-4H3;/q-1;;/b;12-9-;. The van der Waals surface area contributed by atoms with Gasteiger partial charge in [0.15, 0.2) is 5.78 Å². The van der Waals surface area contributed by atoms with Crippen molar-refractivity contribution in [3.05, 3.63) is 95.5 Å². The molecule has 2 heterocycles. The maximum Gasteiger partial charge on any atom is 0.394 e. The van der Waals surface area contributed by atoms with E-state index in [2.05, 4.69) is 48.3 Å². The van der Waals surface area contributed by atoms with Crippen LogP contribution < -0.4 is 0 Å². The first-order valence-corrected chi connectivity index (χ1v) is 18.0. The second-order valence-corrected chi connectivity index (χ2v) is 14.4. The van der Waals surface area contributed by atoms with Gasteiger partial charge in [-0.2, -0.15) is 13.2 Å². The summed E-state index contributed by atoms with van der Waals surface area (Å²) in [5.74, 6) is 0.547. The van der Waals surface area contributed by atoms with E-state index in [-0.39, 0.29) is 49.9 Å². The Hall–Kier alpha value is -3.87. The third-order valence-electron chi connectivity index (χ3n) is 10.3. The molecule has 4 aromatic carbocycles. The van der Waals surface area contributed by atoms with E-state index in [9.17, 15) is 23.1 Å². The summed E-state index contributed by atoms with van der Waals surface area (Å²) in [5, 5.41) is 16.7. The Labute approximate surface area is 318 Å². The first-order valence-electron chi connectivity index (χ1n) is 18.0. The first kappa shape index (κ1) is 40.9. The maximum atomic E-state index is 13.7. The number of rotatable bonds is 10. The number of hydrogen-bond acceptors (Lipinski definition) is 4. The molecule has 0 aliphatic carbocycles. The molecule has 1 N–H and O–H groups in total. The van der Waals surface area contributed by atoms with Gasteiger partial charge < -0.3 is 10.1 Å². The van der Waals surface area contributed by atoms with E-state index < -0.39 is 11.6 Å². The smallest absolute Gasteiger partial charge is 0.394 e. The number of aliphatic hydroxyl groups is 1. The number of alkyl halides is 3. The minimum Gasteiger partial charge on any atom is -0.512 e. The molecule has 0 saturated carbocycles. The minimum atomic E-state index is -4.33. The minimum absolute atomic E-state index is 0. The van der Waals surface area contributed by atoms with Gasteiger partial charge in [0, 0.05) is 67.1 Å². The molecular weight excluding hydrogens is 838 g/mol. The Kier molecular flexibility index (Phi) is 12.9. The third kappa shape index (κ3) is 8.19. The normalized spacial score (nSPS) is 12.6. The Balaban J connectivity index is 0.000000323. The van der Waals surface area contributed by atoms with Gasteiger partial charge in [-0.3, -0.25) is 9.78 Å². The van der Waals surface area contributed by atoms with Crippen molar-refractivity contribution in [1.82, 2.24) is 9.97 Å². The van der Waals surface area contributed by atoms with E-state index in [1.165, 1.54) is 19.9 Å². The molecular formula is C44H48F3IrN2O2-. The number of halogens is 3. The van der Waals surface area contributed by atoms with E-state index in [1.807, 2.05) is 65.1 Å². The van der Waals surface area contributed by atoms with Crippen molar-refractivity contribution < 1.29 is 43.2 Å². The molecule has 6 rings (SSSR count). The second-order valence-electron chi connectivity index (χ2n) is 14.4.